The summed E-state index contributed by atoms with van der Waals surface area (Å²) >= 11 is 3.67. The zero-order valence-corrected chi connectivity index (χ0v) is 7.16. The quantitative estimate of drug-likeness (QED) is 0.699. The highest BCUT2D eigenvalue weighted by molar-refractivity contribution is 7.81. The van der Waals surface area contributed by atoms with Gasteiger partial charge < -0.3 is 9.46 Å². The molecular formula is C7H7F2NOS. The van der Waals surface area contributed by atoms with Crippen LogP contribution in [0.1, 0.15) is 0 Å². The first kappa shape index (κ1) is 9.12. The molecule has 0 spiro atoms. The molecule has 1 N–H and O–H groups in total. The van der Waals surface area contributed by atoms with E-state index in [9.17, 15) is 8.78 Å². The van der Waals surface area contributed by atoms with Crippen LogP contribution in [-0.2, 0) is 0 Å². The lowest BCUT2D eigenvalue weighted by atomic mass is 10.3. The number of methoxy groups -OCH3 is 1. The van der Waals surface area contributed by atoms with Gasteiger partial charge in [0.15, 0.2) is 11.6 Å². The Bertz CT molecular complexity index is 293. The number of rotatable bonds is 2. The highest BCUT2D eigenvalue weighted by Crippen LogP contribution is 2.28. The number of nitrogens with one attached hydrogen (secondary N) is 1. The molecular weight excluding hydrogens is 184 g/mol. The van der Waals surface area contributed by atoms with E-state index in [1.165, 1.54) is 7.11 Å². The standard InChI is InChI=1S/C7H7F2NOS/c1-11-7-5(9)2-4(8)3-6(7)10-12/h2-3,10,12H,1H3. The average molecular weight is 191 g/mol. The first-order valence-corrected chi connectivity index (χ1v) is 3.57. The molecule has 0 amide bonds. The Morgan fingerprint density at radius 3 is 2.58 bits per heavy atom. The molecule has 0 aliphatic rings. The molecule has 2 nitrogen and oxygen atoms in total. The Morgan fingerprint density at radius 2 is 2.08 bits per heavy atom. The van der Waals surface area contributed by atoms with E-state index in [2.05, 4.69) is 22.3 Å². The number of benzene rings is 1. The normalized spacial score (nSPS) is 9.67. The minimum atomic E-state index is -0.756. The minimum absolute atomic E-state index is 0.0496. The van der Waals surface area contributed by atoms with Crippen LogP contribution in [-0.4, -0.2) is 7.11 Å². The summed E-state index contributed by atoms with van der Waals surface area (Å²) in [4.78, 5) is 0. The second-order valence-electron chi connectivity index (χ2n) is 2.08. The van der Waals surface area contributed by atoms with Crippen LogP contribution in [0.5, 0.6) is 5.75 Å². The maximum atomic E-state index is 12.9. The third-order valence-corrected chi connectivity index (χ3v) is 1.57. The Morgan fingerprint density at radius 1 is 1.42 bits per heavy atom. The lowest BCUT2D eigenvalue weighted by Crippen LogP contribution is -1.94. The van der Waals surface area contributed by atoms with Crippen LogP contribution in [0.4, 0.5) is 14.5 Å². The van der Waals surface area contributed by atoms with Gasteiger partial charge in [-0.25, -0.2) is 8.78 Å². The van der Waals surface area contributed by atoms with Gasteiger partial charge in [-0.1, -0.05) is 12.8 Å². The van der Waals surface area contributed by atoms with Crippen molar-refractivity contribution in [1.29, 1.82) is 0 Å². The van der Waals surface area contributed by atoms with E-state index in [-0.39, 0.29) is 11.4 Å². The van der Waals surface area contributed by atoms with Crippen molar-refractivity contribution >= 4 is 18.5 Å². The zero-order valence-electron chi connectivity index (χ0n) is 6.27. The summed E-state index contributed by atoms with van der Waals surface area (Å²) < 4.78 is 32.4. The van der Waals surface area contributed by atoms with Crippen molar-refractivity contribution in [3.05, 3.63) is 23.8 Å². The number of hydrogen-bond acceptors (Lipinski definition) is 3. The fourth-order valence-electron chi connectivity index (χ4n) is 0.851. The van der Waals surface area contributed by atoms with Gasteiger partial charge in [-0.3, -0.25) is 0 Å². The molecule has 66 valence electrons. The van der Waals surface area contributed by atoms with Crippen molar-refractivity contribution in [3.8, 4) is 5.75 Å². The van der Waals surface area contributed by atoms with Gasteiger partial charge in [-0.2, -0.15) is 0 Å². The summed E-state index contributed by atoms with van der Waals surface area (Å²) in [6.07, 6.45) is 0. The highest BCUT2D eigenvalue weighted by atomic mass is 32.1. The fraction of sp³-hybridized carbons (Fsp3) is 0.143. The van der Waals surface area contributed by atoms with Gasteiger partial charge in [0.1, 0.15) is 5.82 Å². The molecule has 5 heteroatoms. The maximum Gasteiger partial charge on any atom is 0.178 e. The van der Waals surface area contributed by atoms with Gasteiger partial charge in [0.2, 0.25) is 0 Å². The van der Waals surface area contributed by atoms with Gasteiger partial charge in [0, 0.05) is 12.1 Å². The fourth-order valence-corrected chi connectivity index (χ4v) is 1.02. The molecule has 0 saturated heterocycles. The molecule has 0 aromatic heterocycles. The molecule has 0 saturated carbocycles. The Kier molecular flexibility index (Phi) is 2.75. The molecule has 0 bridgehead atoms. The molecule has 1 aromatic carbocycles. The number of halogens is 2. The number of ether oxygens (including phenoxy) is 1. The van der Waals surface area contributed by atoms with Crippen LogP contribution >= 0.6 is 12.8 Å². The van der Waals surface area contributed by atoms with E-state index in [1.54, 1.807) is 0 Å². The van der Waals surface area contributed by atoms with Crippen LogP contribution in [0.25, 0.3) is 0 Å². The Hall–Kier alpha value is -0.970. The van der Waals surface area contributed by atoms with Crippen LogP contribution in [0.3, 0.4) is 0 Å². The van der Waals surface area contributed by atoms with Gasteiger partial charge >= 0.3 is 0 Å². The van der Waals surface area contributed by atoms with Crippen LogP contribution in [0, 0.1) is 11.6 Å². The minimum Gasteiger partial charge on any atom is -0.492 e. The predicted octanol–water partition coefficient (Wildman–Crippen LogP) is 2.23. The lowest BCUT2D eigenvalue weighted by molar-refractivity contribution is 0.386. The topological polar surface area (TPSA) is 21.3 Å². The SMILES string of the molecule is COc1c(F)cc(F)cc1NS. The number of anilines is 1. The Labute approximate surface area is 74.1 Å². The molecule has 12 heavy (non-hydrogen) atoms. The second kappa shape index (κ2) is 3.62. The molecule has 0 radical (unpaired) electrons. The Balaban J connectivity index is 3.24. The third kappa shape index (κ3) is 1.61. The number of thiol groups is 1. The second-order valence-corrected chi connectivity index (χ2v) is 2.30. The molecule has 0 aliphatic carbocycles. The van der Waals surface area contributed by atoms with Gasteiger partial charge in [-0.15, -0.1) is 0 Å². The van der Waals surface area contributed by atoms with Crippen LogP contribution in [0.2, 0.25) is 0 Å². The average Bonchev–Trinajstić information content (AvgIpc) is 2.03. The predicted molar refractivity (Wildman–Crippen MR) is 45.5 cm³/mol. The molecule has 0 fully saturated rings. The third-order valence-electron chi connectivity index (χ3n) is 1.33. The van der Waals surface area contributed by atoms with Crippen LogP contribution < -0.4 is 9.46 Å². The van der Waals surface area contributed by atoms with E-state index in [0.29, 0.717) is 0 Å². The van der Waals surface area contributed by atoms with E-state index >= 15 is 0 Å². The first-order valence-electron chi connectivity index (χ1n) is 3.12. The van der Waals surface area contributed by atoms with Crippen molar-refractivity contribution in [2.24, 2.45) is 0 Å². The maximum absolute atomic E-state index is 12.9. The number of hydrogen-bond donors (Lipinski definition) is 2. The van der Waals surface area contributed by atoms with Gasteiger partial charge in [0.05, 0.1) is 12.8 Å². The zero-order chi connectivity index (χ0) is 9.14. The van der Waals surface area contributed by atoms with Crippen molar-refractivity contribution in [2.45, 2.75) is 0 Å². The summed E-state index contributed by atoms with van der Waals surface area (Å²) in [6, 6.07) is 1.84. The van der Waals surface area contributed by atoms with E-state index in [1.807, 2.05) is 0 Å². The largest absolute Gasteiger partial charge is 0.492 e. The molecule has 0 unspecified atom stereocenters. The summed E-state index contributed by atoms with van der Waals surface area (Å²) in [5.41, 5.74) is 0.165. The molecule has 0 atom stereocenters. The first-order chi connectivity index (χ1) is 5.69. The molecule has 0 aliphatic heterocycles. The van der Waals surface area contributed by atoms with Gasteiger partial charge in [0.25, 0.3) is 0 Å². The van der Waals surface area contributed by atoms with Crippen molar-refractivity contribution < 1.29 is 13.5 Å². The molecule has 1 rings (SSSR count). The highest BCUT2D eigenvalue weighted by Gasteiger charge is 2.10. The van der Waals surface area contributed by atoms with Crippen molar-refractivity contribution in [1.82, 2.24) is 0 Å². The van der Waals surface area contributed by atoms with Gasteiger partial charge in [-0.05, 0) is 0 Å². The summed E-state index contributed by atoms with van der Waals surface area (Å²) in [7, 11) is 1.30. The molecule has 1 aromatic rings. The molecule has 0 heterocycles. The van der Waals surface area contributed by atoms with Crippen molar-refractivity contribution in [2.75, 3.05) is 11.8 Å². The summed E-state index contributed by atoms with van der Waals surface area (Å²) in [6.45, 7) is 0. The smallest absolute Gasteiger partial charge is 0.178 e. The van der Waals surface area contributed by atoms with E-state index in [0.717, 1.165) is 12.1 Å². The summed E-state index contributed by atoms with van der Waals surface area (Å²) in [5.74, 6) is -1.48. The van der Waals surface area contributed by atoms with Crippen LogP contribution in [0.15, 0.2) is 12.1 Å². The summed E-state index contributed by atoms with van der Waals surface area (Å²) in [5, 5.41) is 0. The van der Waals surface area contributed by atoms with Crippen molar-refractivity contribution in [3.63, 3.8) is 0 Å². The van der Waals surface area contributed by atoms with E-state index < -0.39 is 11.6 Å². The monoisotopic (exact) mass is 191 g/mol. The van der Waals surface area contributed by atoms with E-state index in [4.69, 9.17) is 0 Å². The lowest BCUT2D eigenvalue weighted by Gasteiger charge is -2.07.